The molecule has 0 radical (unpaired) electrons. The second kappa shape index (κ2) is 6.86. The zero-order chi connectivity index (χ0) is 15.4. The smallest absolute Gasteiger partial charge is 0.335 e. The van der Waals surface area contributed by atoms with Gasteiger partial charge in [-0.15, -0.1) is 10.2 Å². The summed E-state index contributed by atoms with van der Waals surface area (Å²) in [5, 5.41) is 18.8. The highest BCUT2D eigenvalue weighted by molar-refractivity contribution is 8.01. The number of carbonyl (C=O) groups is 1. The average Bonchev–Trinajstić information content (AvgIpc) is 2.87. The molecule has 1 N–H and O–H groups in total. The number of aromatic carboxylic acids is 1. The molecular weight excluding hydrogens is 308 g/mol. The Balaban J connectivity index is 2.26. The van der Waals surface area contributed by atoms with E-state index >= 15 is 0 Å². The highest BCUT2D eigenvalue weighted by Gasteiger charge is 2.12. The number of aromatic nitrogens is 3. The van der Waals surface area contributed by atoms with Crippen molar-refractivity contribution in [2.45, 2.75) is 29.1 Å². The molecule has 0 aromatic carbocycles. The van der Waals surface area contributed by atoms with Crippen molar-refractivity contribution in [3.8, 4) is 0 Å². The molecule has 0 unspecified atom stereocenters. The summed E-state index contributed by atoms with van der Waals surface area (Å²) in [6.07, 6.45) is 1.68. The molecule has 0 spiro atoms. The fourth-order valence-electron chi connectivity index (χ4n) is 1.63. The number of anilines is 1. The molecule has 0 saturated heterocycles. The standard InChI is InChI=1S/C13H16N4O2S2/c1-4-5-9-6-8(11(18)19)7-10(14-9)20-13-16-15-12(21-13)17(2)3/h6-7H,4-5H2,1-3H3,(H,18,19). The first-order valence-electron chi connectivity index (χ1n) is 6.42. The Bertz CT molecular complexity index is 643. The van der Waals surface area contributed by atoms with Crippen molar-refractivity contribution >= 4 is 34.2 Å². The van der Waals surface area contributed by atoms with Crippen LogP contribution in [0.5, 0.6) is 0 Å². The molecule has 0 amide bonds. The molecule has 0 fully saturated rings. The Kier molecular flexibility index (Phi) is 5.13. The van der Waals surface area contributed by atoms with Crippen LogP contribution >= 0.6 is 23.1 Å². The van der Waals surface area contributed by atoms with E-state index in [1.807, 2.05) is 25.9 Å². The van der Waals surface area contributed by atoms with Crippen molar-refractivity contribution in [3.05, 3.63) is 23.4 Å². The minimum Gasteiger partial charge on any atom is -0.478 e. The van der Waals surface area contributed by atoms with Crippen LogP contribution in [0, 0.1) is 0 Å². The highest BCUT2D eigenvalue weighted by atomic mass is 32.2. The number of hydrogen-bond donors (Lipinski definition) is 1. The summed E-state index contributed by atoms with van der Waals surface area (Å²) in [6, 6.07) is 3.20. The van der Waals surface area contributed by atoms with Gasteiger partial charge in [-0.2, -0.15) is 0 Å². The van der Waals surface area contributed by atoms with E-state index in [4.69, 9.17) is 0 Å². The molecule has 112 valence electrons. The third-order valence-electron chi connectivity index (χ3n) is 2.58. The zero-order valence-corrected chi connectivity index (χ0v) is 13.7. The van der Waals surface area contributed by atoms with Gasteiger partial charge in [0.2, 0.25) is 5.13 Å². The van der Waals surface area contributed by atoms with Gasteiger partial charge in [-0.05, 0) is 30.3 Å². The Morgan fingerprint density at radius 1 is 1.38 bits per heavy atom. The molecule has 2 heterocycles. The third-order valence-corrected chi connectivity index (χ3v) is 4.64. The van der Waals surface area contributed by atoms with E-state index in [9.17, 15) is 9.90 Å². The summed E-state index contributed by atoms with van der Waals surface area (Å²) in [4.78, 5) is 17.5. The van der Waals surface area contributed by atoms with Crippen molar-refractivity contribution in [1.29, 1.82) is 0 Å². The van der Waals surface area contributed by atoms with Crippen LogP contribution in [-0.4, -0.2) is 40.4 Å². The number of aryl methyl sites for hydroxylation is 1. The number of carboxylic acids is 1. The van der Waals surface area contributed by atoms with Gasteiger partial charge < -0.3 is 10.0 Å². The van der Waals surface area contributed by atoms with Crippen LogP contribution in [0.4, 0.5) is 5.13 Å². The second-order valence-corrected chi connectivity index (χ2v) is 6.81. The van der Waals surface area contributed by atoms with Crippen molar-refractivity contribution in [1.82, 2.24) is 15.2 Å². The Hall–Kier alpha value is -1.67. The summed E-state index contributed by atoms with van der Waals surface area (Å²) in [5.41, 5.74) is 1.05. The van der Waals surface area contributed by atoms with E-state index < -0.39 is 5.97 Å². The SMILES string of the molecule is CCCc1cc(C(=O)O)cc(Sc2nnc(N(C)C)s2)n1. The van der Waals surface area contributed by atoms with Gasteiger partial charge in [0.15, 0.2) is 4.34 Å². The van der Waals surface area contributed by atoms with Crippen LogP contribution < -0.4 is 4.90 Å². The minimum absolute atomic E-state index is 0.258. The molecule has 8 heteroatoms. The molecule has 0 aliphatic carbocycles. The van der Waals surface area contributed by atoms with Crippen LogP contribution in [0.2, 0.25) is 0 Å². The van der Waals surface area contributed by atoms with Crippen molar-refractivity contribution in [2.75, 3.05) is 19.0 Å². The Morgan fingerprint density at radius 3 is 2.71 bits per heavy atom. The maximum Gasteiger partial charge on any atom is 0.335 e. The number of pyridine rings is 1. The molecule has 2 rings (SSSR count). The third kappa shape index (κ3) is 4.15. The lowest BCUT2D eigenvalue weighted by atomic mass is 10.2. The van der Waals surface area contributed by atoms with Crippen LogP contribution in [0.3, 0.4) is 0 Å². The molecule has 0 saturated carbocycles. The first kappa shape index (κ1) is 15.7. The number of nitrogens with zero attached hydrogens (tertiary/aromatic N) is 4. The predicted molar refractivity (Wildman–Crippen MR) is 83.6 cm³/mol. The summed E-state index contributed by atoms with van der Waals surface area (Å²) in [5.74, 6) is -0.942. The lowest BCUT2D eigenvalue weighted by Gasteiger charge is -2.05. The van der Waals surface area contributed by atoms with E-state index in [2.05, 4.69) is 15.2 Å². The molecule has 2 aromatic rings. The van der Waals surface area contributed by atoms with E-state index in [1.165, 1.54) is 23.1 Å². The first-order chi connectivity index (χ1) is 9.99. The summed E-state index contributed by atoms with van der Waals surface area (Å²) in [7, 11) is 3.80. The zero-order valence-electron chi connectivity index (χ0n) is 12.0. The quantitative estimate of drug-likeness (QED) is 0.875. The lowest BCUT2D eigenvalue weighted by molar-refractivity contribution is 0.0696. The maximum atomic E-state index is 11.2. The van der Waals surface area contributed by atoms with Crippen molar-refractivity contribution in [2.24, 2.45) is 0 Å². The second-order valence-electron chi connectivity index (χ2n) is 4.59. The summed E-state index contributed by atoms with van der Waals surface area (Å²) in [6.45, 7) is 2.04. The number of carboxylic acid groups (broad SMARTS) is 1. The highest BCUT2D eigenvalue weighted by Crippen LogP contribution is 2.32. The summed E-state index contributed by atoms with van der Waals surface area (Å²) >= 11 is 2.79. The van der Waals surface area contributed by atoms with Crippen LogP contribution in [0.15, 0.2) is 21.5 Å². The lowest BCUT2D eigenvalue weighted by Crippen LogP contribution is -2.07. The van der Waals surface area contributed by atoms with Gasteiger partial charge in [0.05, 0.1) is 5.56 Å². The molecule has 0 aliphatic rings. The normalized spacial score (nSPS) is 10.6. The average molecular weight is 324 g/mol. The van der Waals surface area contributed by atoms with Crippen LogP contribution in [0.25, 0.3) is 0 Å². The fourth-order valence-corrected chi connectivity index (χ4v) is 3.39. The Labute approximate surface area is 131 Å². The van der Waals surface area contributed by atoms with Gasteiger partial charge in [0, 0.05) is 19.8 Å². The predicted octanol–water partition coefficient (Wildman–Crippen LogP) is 2.80. The topological polar surface area (TPSA) is 79.2 Å². The van der Waals surface area contributed by atoms with Gasteiger partial charge in [-0.3, -0.25) is 0 Å². The van der Waals surface area contributed by atoms with Gasteiger partial charge in [0.1, 0.15) is 5.03 Å². The van der Waals surface area contributed by atoms with Gasteiger partial charge >= 0.3 is 5.97 Å². The monoisotopic (exact) mass is 324 g/mol. The molecule has 0 atom stereocenters. The number of rotatable bonds is 6. The fraction of sp³-hybridized carbons (Fsp3) is 0.385. The maximum absolute atomic E-state index is 11.2. The Morgan fingerprint density at radius 2 is 2.14 bits per heavy atom. The molecule has 0 aliphatic heterocycles. The summed E-state index contributed by atoms with van der Waals surface area (Å²) < 4.78 is 0.746. The largest absolute Gasteiger partial charge is 0.478 e. The van der Waals surface area contributed by atoms with Gasteiger partial charge in [-0.1, -0.05) is 24.7 Å². The van der Waals surface area contributed by atoms with Gasteiger partial charge in [0.25, 0.3) is 0 Å². The van der Waals surface area contributed by atoms with E-state index in [1.54, 1.807) is 12.1 Å². The van der Waals surface area contributed by atoms with Crippen molar-refractivity contribution in [3.63, 3.8) is 0 Å². The van der Waals surface area contributed by atoms with Gasteiger partial charge in [-0.25, -0.2) is 9.78 Å². The molecule has 21 heavy (non-hydrogen) atoms. The van der Waals surface area contributed by atoms with E-state index in [0.717, 1.165) is 28.0 Å². The van der Waals surface area contributed by atoms with Crippen LogP contribution in [-0.2, 0) is 6.42 Å². The van der Waals surface area contributed by atoms with E-state index in [-0.39, 0.29) is 5.56 Å². The molecule has 6 nitrogen and oxygen atoms in total. The molecule has 0 bridgehead atoms. The number of hydrogen-bond acceptors (Lipinski definition) is 7. The molecule has 2 aromatic heterocycles. The first-order valence-corrected chi connectivity index (χ1v) is 8.06. The van der Waals surface area contributed by atoms with E-state index in [0.29, 0.717) is 5.03 Å². The van der Waals surface area contributed by atoms with Crippen LogP contribution in [0.1, 0.15) is 29.4 Å². The van der Waals surface area contributed by atoms with Crippen molar-refractivity contribution < 1.29 is 9.90 Å². The molecular formula is C13H16N4O2S2. The minimum atomic E-state index is -0.942.